The predicted octanol–water partition coefficient (Wildman–Crippen LogP) is 4.15. The maximum Gasteiger partial charge on any atom is 0.119 e. The van der Waals surface area contributed by atoms with Gasteiger partial charge in [-0.05, 0) is 48.6 Å². The van der Waals surface area contributed by atoms with E-state index in [4.69, 9.17) is 9.73 Å². The van der Waals surface area contributed by atoms with Crippen molar-refractivity contribution < 1.29 is 4.74 Å². The number of nitrogens with zero attached hydrogens (tertiary/aromatic N) is 1. The Morgan fingerprint density at radius 2 is 1.84 bits per heavy atom. The first-order chi connectivity index (χ1) is 9.36. The zero-order chi connectivity index (χ0) is 13.1. The van der Waals surface area contributed by atoms with Gasteiger partial charge in [-0.15, -0.1) is 0 Å². The quantitative estimate of drug-likeness (QED) is 0.785. The van der Waals surface area contributed by atoms with Crippen molar-refractivity contribution in [1.82, 2.24) is 0 Å². The van der Waals surface area contributed by atoms with Gasteiger partial charge >= 0.3 is 0 Å². The van der Waals surface area contributed by atoms with Gasteiger partial charge in [0.2, 0.25) is 0 Å². The number of benzene rings is 2. The van der Waals surface area contributed by atoms with E-state index in [1.54, 1.807) is 7.11 Å². The maximum absolute atomic E-state index is 5.28. The number of hydrogen-bond donors (Lipinski definition) is 0. The molecule has 0 atom stereocenters. The van der Waals surface area contributed by atoms with Gasteiger partial charge in [-0.3, -0.25) is 4.99 Å². The lowest BCUT2D eigenvalue weighted by Crippen LogP contribution is -1.98. The van der Waals surface area contributed by atoms with E-state index in [9.17, 15) is 0 Å². The van der Waals surface area contributed by atoms with Crippen LogP contribution in [0.15, 0.2) is 53.5 Å². The number of ether oxygens (including phenoxy) is 1. The lowest BCUT2D eigenvalue weighted by molar-refractivity contribution is 0.414. The van der Waals surface area contributed by atoms with Crippen LogP contribution in [0.2, 0.25) is 0 Å². The molecule has 3 rings (SSSR count). The average molecular weight is 251 g/mol. The summed E-state index contributed by atoms with van der Waals surface area (Å²) >= 11 is 0. The maximum atomic E-state index is 5.28. The molecule has 0 bridgehead atoms. The van der Waals surface area contributed by atoms with Gasteiger partial charge in [0.05, 0.1) is 12.8 Å². The molecule has 0 saturated heterocycles. The van der Waals surface area contributed by atoms with Crippen molar-refractivity contribution in [3.63, 3.8) is 0 Å². The van der Waals surface area contributed by atoms with Crippen molar-refractivity contribution in [2.24, 2.45) is 4.99 Å². The zero-order valence-corrected chi connectivity index (χ0v) is 11.1. The third kappa shape index (κ3) is 2.53. The minimum atomic E-state index is 0.914. The van der Waals surface area contributed by atoms with E-state index in [1.807, 2.05) is 12.1 Å². The molecule has 1 aliphatic rings. The minimum Gasteiger partial charge on any atom is -0.497 e. The smallest absolute Gasteiger partial charge is 0.119 e. The molecular weight excluding hydrogens is 234 g/mol. The molecule has 0 spiro atoms. The van der Waals surface area contributed by atoms with E-state index in [0.29, 0.717) is 0 Å². The summed E-state index contributed by atoms with van der Waals surface area (Å²) in [6, 6.07) is 16.6. The Morgan fingerprint density at radius 3 is 2.63 bits per heavy atom. The molecule has 2 heteroatoms. The largest absolute Gasteiger partial charge is 0.497 e. The third-order valence-corrected chi connectivity index (χ3v) is 3.51. The molecule has 0 radical (unpaired) electrons. The van der Waals surface area contributed by atoms with Crippen LogP contribution in [0.25, 0.3) is 0 Å². The first kappa shape index (κ1) is 12.0. The molecule has 96 valence electrons. The Labute approximate surface area is 113 Å². The average Bonchev–Trinajstić information content (AvgIpc) is 2.69. The normalized spacial score (nSPS) is 14.3. The van der Waals surface area contributed by atoms with E-state index in [-0.39, 0.29) is 0 Å². The van der Waals surface area contributed by atoms with Gasteiger partial charge in [0.25, 0.3) is 0 Å². The molecule has 0 unspecified atom stereocenters. The molecular formula is C17H17NO. The van der Waals surface area contributed by atoms with Crippen molar-refractivity contribution in [2.45, 2.75) is 19.3 Å². The van der Waals surface area contributed by atoms with Crippen LogP contribution in [-0.4, -0.2) is 12.8 Å². The molecule has 2 aromatic rings. The highest BCUT2D eigenvalue weighted by atomic mass is 16.5. The predicted molar refractivity (Wildman–Crippen MR) is 78.6 cm³/mol. The number of hydrogen-bond acceptors (Lipinski definition) is 2. The first-order valence-electron chi connectivity index (χ1n) is 6.67. The van der Waals surface area contributed by atoms with Gasteiger partial charge in [-0.25, -0.2) is 0 Å². The summed E-state index contributed by atoms with van der Waals surface area (Å²) in [7, 11) is 1.71. The highest BCUT2D eigenvalue weighted by Gasteiger charge is 2.12. The van der Waals surface area contributed by atoms with Crippen molar-refractivity contribution in [3.05, 3.63) is 59.7 Å². The standard InChI is InChI=1S/C17H17NO/c1-19-15-10-11-17-14(12-15)8-5-9-16(18-17)13-6-3-2-4-7-13/h2-4,6-7,10-12H,5,8-9H2,1H3. The number of methoxy groups -OCH3 is 1. The van der Waals surface area contributed by atoms with Crippen LogP contribution in [-0.2, 0) is 6.42 Å². The van der Waals surface area contributed by atoms with Crippen LogP contribution in [0.3, 0.4) is 0 Å². The van der Waals surface area contributed by atoms with E-state index >= 15 is 0 Å². The highest BCUT2D eigenvalue weighted by Crippen LogP contribution is 2.30. The topological polar surface area (TPSA) is 21.6 Å². The van der Waals surface area contributed by atoms with Crippen molar-refractivity contribution in [2.75, 3.05) is 7.11 Å². The zero-order valence-electron chi connectivity index (χ0n) is 11.1. The van der Waals surface area contributed by atoms with Gasteiger partial charge in [0.15, 0.2) is 0 Å². The summed E-state index contributed by atoms with van der Waals surface area (Å²) in [6.07, 6.45) is 3.22. The summed E-state index contributed by atoms with van der Waals surface area (Å²) in [5.74, 6) is 0.914. The Balaban J connectivity index is 2.02. The van der Waals surface area contributed by atoms with Crippen molar-refractivity contribution >= 4 is 11.4 Å². The molecule has 0 aliphatic carbocycles. The van der Waals surface area contributed by atoms with Gasteiger partial charge in [-0.2, -0.15) is 0 Å². The molecule has 19 heavy (non-hydrogen) atoms. The Bertz CT molecular complexity index is 602. The minimum absolute atomic E-state index is 0.914. The Hall–Kier alpha value is -2.09. The summed E-state index contributed by atoms with van der Waals surface area (Å²) in [5.41, 5.74) is 4.78. The second kappa shape index (κ2) is 5.27. The fourth-order valence-corrected chi connectivity index (χ4v) is 2.49. The molecule has 0 amide bonds. The molecule has 2 nitrogen and oxygen atoms in total. The lowest BCUT2D eigenvalue weighted by Gasteiger charge is -2.06. The molecule has 1 aliphatic heterocycles. The van der Waals surface area contributed by atoms with E-state index in [0.717, 1.165) is 30.7 Å². The summed E-state index contributed by atoms with van der Waals surface area (Å²) < 4.78 is 5.28. The summed E-state index contributed by atoms with van der Waals surface area (Å²) in [6.45, 7) is 0. The molecule has 1 heterocycles. The molecule has 0 aromatic heterocycles. The number of aryl methyl sites for hydroxylation is 1. The summed E-state index contributed by atoms with van der Waals surface area (Å²) in [4.78, 5) is 4.85. The fourth-order valence-electron chi connectivity index (χ4n) is 2.49. The summed E-state index contributed by atoms with van der Waals surface area (Å²) in [5, 5.41) is 0. The van der Waals surface area contributed by atoms with E-state index < -0.39 is 0 Å². The SMILES string of the molecule is COc1ccc2c(c1)CCCC(c1ccccc1)=N2. The molecule has 0 N–H and O–H groups in total. The molecule has 2 aromatic carbocycles. The monoisotopic (exact) mass is 251 g/mol. The van der Waals surface area contributed by atoms with Crippen LogP contribution < -0.4 is 4.74 Å². The highest BCUT2D eigenvalue weighted by molar-refractivity contribution is 6.02. The van der Waals surface area contributed by atoms with Crippen molar-refractivity contribution in [3.8, 4) is 5.75 Å². The third-order valence-electron chi connectivity index (χ3n) is 3.51. The number of aliphatic imine (C=N–C) groups is 1. The molecule has 0 saturated carbocycles. The van der Waals surface area contributed by atoms with Gasteiger partial charge < -0.3 is 4.74 Å². The lowest BCUT2D eigenvalue weighted by atomic mass is 10.0. The Morgan fingerprint density at radius 1 is 1.00 bits per heavy atom. The van der Waals surface area contributed by atoms with Crippen LogP contribution in [0, 0.1) is 0 Å². The molecule has 0 fully saturated rings. The van der Waals surface area contributed by atoms with Crippen molar-refractivity contribution in [1.29, 1.82) is 0 Å². The van der Waals surface area contributed by atoms with E-state index in [1.165, 1.54) is 16.8 Å². The second-order valence-corrected chi connectivity index (χ2v) is 4.77. The number of fused-ring (bicyclic) bond motifs is 1. The van der Waals surface area contributed by atoms with Crippen LogP contribution in [0.5, 0.6) is 5.75 Å². The number of rotatable bonds is 2. The van der Waals surface area contributed by atoms with Gasteiger partial charge in [-0.1, -0.05) is 30.3 Å². The Kier molecular flexibility index (Phi) is 3.32. The first-order valence-corrected chi connectivity index (χ1v) is 6.67. The van der Waals surface area contributed by atoms with Gasteiger partial charge in [0, 0.05) is 5.71 Å². The second-order valence-electron chi connectivity index (χ2n) is 4.77. The van der Waals surface area contributed by atoms with Crippen LogP contribution in [0.1, 0.15) is 24.0 Å². The van der Waals surface area contributed by atoms with Crippen LogP contribution >= 0.6 is 0 Å². The van der Waals surface area contributed by atoms with E-state index in [2.05, 4.69) is 36.4 Å². The van der Waals surface area contributed by atoms with Gasteiger partial charge in [0.1, 0.15) is 5.75 Å². The fraction of sp³-hybridized carbons (Fsp3) is 0.235. The van der Waals surface area contributed by atoms with Crippen LogP contribution in [0.4, 0.5) is 5.69 Å².